The number of anilines is 2. The number of nitrogens with zero attached hydrogens (tertiary/aromatic N) is 6. The molecule has 2 saturated heterocycles. The molecule has 2 N–H and O–H groups in total. The molecule has 1 amide bonds. The van der Waals surface area contributed by atoms with E-state index in [1.165, 1.54) is 12.8 Å². The summed E-state index contributed by atoms with van der Waals surface area (Å²) in [6.45, 7) is 3.33. The molecular formula is C29H36N8O2S. The van der Waals surface area contributed by atoms with Crippen LogP contribution in [0.2, 0.25) is 0 Å². The lowest BCUT2D eigenvalue weighted by Gasteiger charge is -2.34. The van der Waals surface area contributed by atoms with Crippen LogP contribution in [0.5, 0.6) is 0 Å². The first kappa shape index (κ1) is 25.7. The van der Waals surface area contributed by atoms with E-state index in [0.717, 1.165) is 72.5 Å². The van der Waals surface area contributed by atoms with Crippen LogP contribution in [0, 0.1) is 0 Å². The molecule has 0 bridgehead atoms. The van der Waals surface area contributed by atoms with Crippen molar-refractivity contribution in [3.8, 4) is 0 Å². The Hall–Kier alpha value is -3.28. The fourth-order valence-corrected chi connectivity index (χ4v) is 7.44. The maximum absolute atomic E-state index is 13.7. The van der Waals surface area contributed by atoms with Gasteiger partial charge in [-0.15, -0.1) is 0 Å². The molecule has 0 spiro atoms. The van der Waals surface area contributed by atoms with Crippen molar-refractivity contribution in [3.05, 3.63) is 47.8 Å². The predicted octanol–water partition coefficient (Wildman–Crippen LogP) is 3.30. The number of benzene rings is 2. The molecule has 1 atom stereocenters. The highest BCUT2D eigenvalue weighted by atomic mass is 32.2. The van der Waals surface area contributed by atoms with E-state index in [9.17, 15) is 9.00 Å². The lowest BCUT2D eigenvalue weighted by Crippen LogP contribution is -2.43. The van der Waals surface area contributed by atoms with Gasteiger partial charge in [-0.1, -0.05) is 0 Å². The first-order valence-corrected chi connectivity index (χ1v) is 15.6. The molecule has 4 heterocycles. The van der Waals surface area contributed by atoms with Crippen molar-refractivity contribution in [2.24, 2.45) is 14.1 Å². The molecule has 1 aliphatic carbocycles. The quantitative estimate of drug-likeness (QED) is 0.360. The van der Waals surface area contributed by atoms with E-state index in [-0.39, 0.29) is 5.91 Å². The van der Waals surface area contributed by atoms with Gasteiger partial charge in [0, 0.05) is 92.7 Å². The third-order valence-corrected chi connectivity index (χ3v) is 9.84. The number of nitrogens with one attached hydrogen (secondary N) is 2. The summed E-state index contributed by atoms with van der Waals surface area (Å²) in [7, 11) is 2.82. The van der Waals surface area contributed by atoms with Crippen LogP contribution >= 0.6 is 0 Å². The minimum atomic E-state index is -0.971. The number of amides is 1. The number of carbonyl (C=O) groups excluding carboxylic acids is 1. The second-order valence-corrected chi connectivity index (χ2v) is 13.0. The van der Waals surface area contributed by atoms with Crippen LogP contribution < -0.4 is 15.5 Å². The van der Waals surface area contributed by atoms with Gasteiger partial charge in [0.2, 0.25) is 0 Å². The Morgan fingerprint density at radius 2 is 1.73 bits per heavy atom. The molecule has 2 aromatic carbocycles. The van der Waals surface area contributed by atoms with E-state index in [2.05, 4.69) is 26.7 Å². The minimum absolute atomic E-state index is 0.193. The monoisotopic (exact) mass is 560 g/mol. The third-order valence-electron chi connectivity index (χ3n) is 8.32. The molecule has 4 aromatic rings. The summed E-state index contributed by atoms with van der Waals surface area (Å²) in [6.07, 6.45) is 9.79. The second kappa shape index (κ2) is 10.3. The highest BCUT2D eigenvalue weighted by molar-refractivity contribution is 7.82. The molecule has 40 heavy (non-hydrogen) atoms. The summed E-state index contributed by atoms with van der Waals surface area (Å²) in [5.41, 5.74) is 4.94. The molecular weight excluding hydrogens is 524 g/mol. The van der Waals surface area contributed by atoms with Crippen LogP contribution in [0.3, 0.4) is 0 Å². The number of fused-ring (bicyclic) bond motifs is 2. The average molecular weight is 561 g/mol. The summed E-state index contributed by atoms with van der Waals surface area (Å²) in [6, 6.07) is 9.24. The first-order valence-electron chi connectivity index (χ1n) is 14.3. The van der Waals surface area contributed by atoms with E-state index in [1.54, 1.807) is 9.36 Å². The second-order valence-electron chi connectivity index (χ2n) is 11.5. The molecule has 10 nitrogen and oxygen atoms in total. The molecule has 11 heteroatoms. The van der Waals surface area contributed by atoms with Gasteiger partial charge in [-0.05, 0) is 61.9 Å². The van der Waals surface area contributed by atoms with E-state index in [1.807, 2.05) is 49.0 Å². The topological polar surface area (TPSA) is 100 Å². The van der Waals surface area contributed by atoms with Crippen molar-refractivity contribution in [1.82, 2.24) is 29.2 Å². The van der Waals surface area contributed by atoms with Crippen LogP contribution in [-0.4, -0.2) is 71.5 Å². The summed E-state index contributed by atoms with van der Waals surface area (Å²) < 4.78 is 18.0. The fourth-order valence-electron chi connectivity index (χ4n) is 6.19. The standard InChI is InChI=1S/C29H36N8O2S/c1-34-16-19-14-23(15-20(27(19)32-34)17-37-10-3-13-40(37)39)31-29(38)24-6-7-26(25-18-35(2)33-28(24)25)36-11-8-22(9-12-36)30-21-4-5-21/h6-7,14-16,18,21-22,30H,3-5,8-13,17H2,1-2H3,(H,31,38). The van der Waals surface area contributed by atoms with Crippen molar-refractivity contribution >= 4 is 50.1 Å². The molecule has 2 aliphatic heterocycles. The summed E-state index contributed by atoms with van der Waals surface area (Å²) >= 11 is 0. The molecule has 2 aromatic heterocycles. The normalized spacial score (nSPS) is 20.6. The maximum Gasteiger partial charge on any atom is 0.257 e. The van der Waals surface area contributed by atoms with Crippen LogP contribution in [0.15, 0.2) is 36.7 Å². The maximum atomic E-state index is 13.7. The molecule has 1 unspecified atom stereocenters. The highest BCUT2D eigenvalue weighted by Crippen LogP contribution is 2.33. The van der Waals surface area contributed by atoms with Gasteiger partial charge in [-0.3, -0.25) is 14.2 Å². The zero-order valence-corrected chi connectivity index (χ0v) is 23.9. The first-order chi connectivity index (χ1) is 19.4. The smallest absolute Gasteiger partial charge is 0.257 e. The average Bonchev–Trinajstić information content (AvgIpc) is 3.31. The van der Waals surface area contributed by atoms with E-state index in [0.29, 0.717) is 35.1 Å². The zero-order valence-electron chi connectivity index (χ0n) is 23.1. The van der Waals surface area contributed by atoms with Crippen molar-refractivity contribution in [1.29, 1.82) is 0 Å². The zero-order chi connectivity index (χ0) is 27.4. The van der Waals surface area contributed by atoms with Crippen LogP contribution in [0.1, 0.15) is 48.0 Å². The molecule has 210 valence electrons. The van der Waals surface area contributed by atoms with E-state index in [4.69, 9.17) is 5.10 Å². The lowest BCUT2D eigenvalue weighted by atomic mass is 10.0. The third kappa shape index (κ3) is 5.02. The van der Waals surface area contributed by atoms with Crippen molar-refractivity contribution < 1.29 is 9.00 Å². The van der Waals surface area contributed by atoms with Gasteiger partial charge < -0.3 is 15.5 Å². The van der Waals surface area contributed by atoms with Crippen LogP contribution in [0.4, 0.5) is 11.4 Å². The van der Waals surface area contributed by atoms with Gasteiger partial charge in [0.15, 0.2) is 0 Å². The van der Waals surface area contributed by atoms with Gasteiger partial charge >= 0.3 is 0 Å². The summed E-state index contributed by atoms with van der Waals surface area (Å²) in [4.78, 5) is 16.1. The number of carbonyl (C=O) groups is 1. The Balaban J connectivity index is 1.15. The van der Waals surface area contributed by atoms with Gasteiger partial charge in [-0.2, -0.15) is 10.2 Å². The van der Waals surface area contributed by atoms with Gasteiger partial charge in [0.25, 0.3) is 5.91 Å². The van der Waals surface area contributed by atoms with Crippen LogP contribution in [0.25, 0.3) is 21.8 Å². The minimum Gasteiger partial charge on any atom is -0.371 e. The Kier molecular flexibility index (Phi) is 6.60. The van der Waals surface area contributed by atoms with Gasteiger partial charge in [0.1, 0.15) is 5.52 Å². The van der Waals surface area contributed by atoms with Gasteiger partial charge in [-0.25, -0.2) is 8.51 Å². The van der Waals surface area contributed by atoms with Crippen LogP contribution in [-0.2, 0) is 31.6 Å². The molecule has 0 radical (unpaired) electrons. The van der Waals surface area contributed by atoms with E-state index >= 15 is 0 Å². The lowest BCUT2D eigenvalue weighted by molar-refractivity contribution is 0.102. The molecule has 3 fully saturated rings. The molecule has 3 aliphatic rings. The van der Waals surface area contributed by atoms with Crippen molar-refractivity contribution in [2.75, 3.05) is 35.6 Å². The Labute approximate surface area is 236 Å². The van der Waals surface area contributed by atoms with E-state index < -0.39 is 11.0 Å². The predicted molar refractivity (Wildman–Crippen MR) is 159 cm³/mol. The largest absolute Gasteiger partial charge is 0.371 e. The number of rotatable bonds is 7. The van der Waals surface area contributed by atoms with Crippen molar-refractivity contribution in [2.45, 2.75) is 50.7 Å². The number of piperidine rings is 1. The molecule has 7 rings (SSSR count). The SMILES string of the molecule is Cn1cc2cc(NC(=O)c3ccc(N4CCC(NC5CC5)CC4)c4cn(C)nc34)cc(CN3CCCS3=O)c2n1. The van der Waals surface area contributed by atoms with Crippen molar-refractivity contribution in [3.63, 3.8) is 0 Å². The number of hydrogen-bond donors (Lipinski definition) is 2. The fraction of sp³-hybridized carbons (Fsp3) is 0.483. The molecule has 1 saturated carbocycles. The van der Waals surface area contributed by atoms with Gasteiger partial charge in [0.05, 0.1) is 22.1 Å². The number of hydrogen-bond acceptors (Lipinski definition) is 6. The Morgan fingerprint density at radius 1 is 0.975 bits per heavy atom. The highest BCUT2D eigenvalue weighted by Gasteiger charge is 2.28. The number of aryl methyl sites for hydroxylation is 2. The summed E-state index contributed by atoms with van der Waals surface area (Å²) in [5, 5.41) is 18.2. The Bertz CT molecular complexity index is 1620. The summed E-state index contributed by atoms with van der Waals surface area (Å²) in [5.74, 6) is 0.509. The number of aromatic nitrogens is 4. The Morgan fingerprint density at radius 3 is 2.48 bits per heavy atom.